The molecule has 4 nitrogen and oxygen atoms in total. The van der Waals surface area contributed by atoms with Gasteiger partial charge in [-0.2, -0.15) is 0 Å². The van der Waals surface area contributed by atoms with Crippen LogP contribution in [0.4, 0.5) is 0 Å². The molecule has 1 aliphatic heterocycles. The first kappa shape index (κ1) is 14.5. The van der Waals surface area contributed by atoms with Gasteiger partial charge in [-0.05, 0) is 68.5 Å². The van der Waals surface area contributed by atoms with E-state index in [2.05, 4.69) is 10.2 Å². The average molecular weight is 287 g/mol. The topological polar surface area (TPSA) is 58.4 Å². The number of benzene rings is 1. The van der Waals surface area contributed by atoms with Gasteiger partial charge in [0.1, 0.15) is 0 Å². The van der Waals surface area contributed by atoms with Crippen LogP contribution in [0.1, 0.15) is 40.7 Å². The van der Waals surface area contributed by atoms with E-state index in [0.29, 0.717) is 5.56 Å². The molecule has 2 aliphatic rings. The Hall–Kier alpha value is -1.39. The van der Waals surface area contributed by atoms with Crippen molar-refractivity contribution < 1.29 is 4.79 Å². The molecule has 1 aliphatic carbocycles. The number of nitrogens with one attached hydrogen (secondary N) is 1. The summed E-state index contributed by atoms with van der Waals surface area (Å²) in [6.07, 6.45) is 4.14. The van der Waals surface area contributed by atoms with Crippen molar-refractivity contribution in [1.82, 2.24) is 10.2 Å². The fraction of sp³-hybridized carbons (Fsp3) is 0.588. The van der Waals surface area contributed by atoms with E-state index in [4.69, 9.17) is 5.73 Å². The van der Waals surface area contributed by atoms with Gasteiger partial charge in [0.05, 0.1) is 0 Å². The Morgan fingerprint density at radius 2 is 2.19 bits per heavy atom. The second-order valence-electron chi connectivity index (χ2n) is 6.52. The van der Waals surface area contributed by atoms with Gasteiger partial charge in [-0.1, -0.05) is 6.07 Å². The van der Waals surface area contributed by atoms with Crippen molar-refractivity contribution in [3.05, 3.63) is 34.9 Å². The lowest BCUT2D eigenvalue weighted by molar-refractivity contribution is 0.1000. The van der Waals surface area contributed by atoms with Crippen LogP contribution in [-0.4, -0.2) is 36.5 Å². The minimum absolute atomic E-state index is 0.358. The third-order valence-electron chi connectivity index (χ3n) is 4.76. The number of nitrogens with zero attached hydrogens (tertiary/aromatic N) is 1. The fourth-order valence-electron chi connectivity index (χ4n) is 3.26. The molecule has 1 heterocycles. The number of carbonyl (C=O) groups excluding carboxylic acids is 1. The number of rotatable bonds is 6. The van der Waals surface area contributed by atoms with Crippen LogP contribution in [0.15, 0.2) is 18.2 Å². The van der Waals surface area contributed by atoms with Crippen molar-refractivity contribution in [3.8, 4) is 0 Å². The third-order valence-corrected chi connectivity index (χ3v) is 4.76. The Morgan fingerprint density at radius 1 is 1.38 bits per heavy atom. The Balaban J connectivity index is 1.46. The van der Waals surface area contributed by atoms with Gasteiger partial charge in [0.25, 0.3) is 0 Å². The number of primary amides is 1. The molecule has 114 valence electrons. The van der Waals surface area contributed by atoms with E-state index in [1.165, 1.54) is 37.9 Å². The molecule has 21 heavy (non-hydrogen) atoms. The highest BCUT2D eigenvalue weighted by Gasteiger charge is 2.33. The van der Waals surface area contributed by atoms with Crippen molar-refractivity contribution in [2.45, 2.75) is 38.8 Å². The molecular formula is C17H25N3O. The first-order chi connectivity index (χ1) is 10.1. The van der Waals surface area contributed by atoms with Crippen LogP contribution in [0.5, 0.6) is 0 Å². The molecule has 1 aromatic rings. The zero-order valence-corrected chi connectivity index (χ0v) is 12.8. The third kappa shape index (κ3) is 3.63. The molecule has 0 spiro atoms. The quantitative estimate of drug-likeness (QED) is 0.837. The zero-order chi connectivity index (χ0) is 14.8. The Labute approximate surface area is 126 Å². The molecule has 1 unspecified atom stereocenters. The number of hydrogen-bond donors (Lipinski definition) is 2. The molecule has 1 atom stereocenters. The molecule has 0 radical (unpaired) electrons. The largest absolute Gasteiger partial charge is 0.366 e. The Bertz CT molecular complexity index is 525. The van der Waals surface area contributed by atoms with Gasteiger partial charge >= 0.3 is 0 Å². The predicted molar refractivity (Wildman–Crippen MR) is 84.1 cm³/mol. The highest BCUT2D eigenvalue weighted by atomic mass is 16.1. The van der Waals surface area contributed by atoms with Crippen LogP contribution in [0.2, 0.25) is 0 Å². The molecule has 3 rings (SSSR count). The lowest BCUT2D eigenvalue weighted by Crippen LogP contribution is -2.27. The summed E-state index contributed by atoms with van der Waals surface area (Å²) in [6.45, 7) is 6.53. The first-order valence-corrected chi connectivity index (χ1v) is 7.97. The summed E-state index contributed by atoms with van der Waals surface area (Å²) in [7, 11) is 0. The van der Waals surface area contributed by atoms with E-state index in [1.54, 1.807) is 0 Å². The summed E-state index contributed by atoms with van der Waals surface area (Å²) in [4.78, 5) is 13.8. The summed E-state index contributed by atoms with van der Waals surface area (Å²) in [5, 5.41) is 3.57. The SMILES string of the molecule is Cc1cc(C(N)=O)ccc1CNCC1CCN(C2CC2)C1. The van der Waals surface area contributed by atoms with Crippen LogP contribution in [0, 0.1) is 12.8 Å². The molecule has 0 bridgehead atoms. The van der Waals surface area contributed by atoms with Crippen molar-refractivity contribution >= 4 is 5.91 Å². The number of likely N-dealkylation sites (tertiary alicyclic amines) is 1. The van der Waals surface area contributed by atoms with Gasteiger partial charge in [0.2, 0.25) is 5.91 Å². The minimum Gasteiger partial charge on any atom is -0.366 e. The highest BCUT2D eigenvalue weighted by molar-refractivity contribution is 5.93. The molecule has 4 heteroatoms. The van der Waals surface area contributed by atoms with Crippen LogP contribution in [0.3, 0.4) is 0 Å². The van der Waals surface area contributed by atoms with Crippen LogP contribution >= 0.6 is 0 Å². The van der Waals surface area contributed by atoms with Crippen LogP contribution in [-0.2, 0) is 6.54 Å². The molecule has 0 aromatic heterocycles. The van der Waals surface area contributed by atoms with Gasteiger partial charge in [0.15, 0.2) is 0 Å². The van der Waals surface area contributed by atoms with Crippen molar-refractivity contribution in [1.29, 1.82) is 0 Å². The van der Waals surface area contributed by atoms with Crippen molar-refractivity contribution in [2.75, 3.05) is 19.6 Å². The molecule has 1 aromatic carbocycles. The maximum absolute atomic E-state index is 11.1. The van der Waals surface area contributed by atoms with Gasteiger partial charge in [0, 0.05) is 24.7 Å². The summed E-state index contributed by atoms with van der Waals surface area (Å²) in [5.41, 5.74) is 8.27. The van der Waals surface area contributed by atoms with E-state index in [-0.39, 0.29) is 5.91 Å². The van der Waals surface area contributed by atoms with E-state index < -0.39 is 0 Å². The fourth-order valence-corrected chi connectivity index (χ4v) is 3.26. The lowest BCUT2D eigenvalue weighted by Gasteiger charge is -2.15. The molecule has 1 amide bonds. The molecule has 1 saturated heterocycles. The van der Waals surface area contributed by atoms with Crippen molar-refractivity contribution in [3.63, 3.8) is 0 Å². The monoisotopic (exact) mass is 287 g/mol. The second kappa shape index (κ2) is 6.16. The maximum atomic E-state index is 11.1. The normalized spacial score (nSPS) is 22.6. The van der Waals surface area contributed by atoms with Crippen LogP contribution < -0.4 is 11.1 Å². The molecule has 1 saturated carbocycles. The number of nitrogens with two attached hydrogens (primary N) is 1. The lowest BCUT2D eigenvalue weighted by atomic mass is 10.0. The Kier molecular flexibility index (Phi) is 4.27. The van der Waals surface area contributed by atoms with E-state index in [9.17, 15) is 4.79 Å². The molecular weight excluding hydrogens is 262 g/mol. The van der Waals surface area contributed by atoms with Gasteiger partial charge in [-0.15, -0.1) is 0 Å². The number of amides is 1. The van der Waals surface area contributed by atoms with Gasteiger partial charge in [-0.25, -0.2) is 0 Å². The summed E-state index contributed by atoms with van der Waals surface area (Å²) in [6, 6.07) is 6.60. The summed E-state index contributed by atoms with van der Waals surface area (Å²) < 4.78 is 0. The van der Waals surface area contributed by atoms with E-state index in [1.807, 2.05) is 25.1 Å². The summed E-state index contributed by atoms with van der Waals surface area (Å²) >= 11 is 0. The van der Waals surface area contributed by atoms with Crippen LogP contribution in [0.25, 0.3) is 0 Å². The number of hydrogen-bond acceptors (Lipinski definition) is 3. The minimum atomic E-state index is -0.358. The standard InChI is InChI=1S/C17H25N3O/c1-12-8-14(17(18)21)2-3-15(12)10-19-9-13-6-7-20(11-13)16-4-5-16/h2-3,8,13,16,19H,4-7,9-11H2,1H3,(H2,18,21). The number of carbonyl (C=O) groups is 1. The molecule has 2 fully saturated rings. The zero-order valence-electron chi connectivity index (χ0n) is 12.8. The maximum Gasteiger partial charge on any atom is 0.248 e. The smallest absolute Gasteiger partial charge is 0.248 e. The second-order valence-corrected chi connectivity index (χ2v) is 6.52. The average Bonchev–Trinajstić information content (AvgIpc) is 3.20. The molecule has 3 N–H and O–H groups in total. The van der Waals surface area contributed by atoms with Crippen molar-refractivity contribution in [2.24, 2.45) is 11.7 Å². The van der Waals surface area contributed by atoms with Gasteiger partial charge in [-0.3, -0.25) is 4.79 Å². The number of aryl methyl sites for hydroxylation is 1. The predicted octanol–water partition coefficient (Wildman–Crippen LogP) is 1.67. The van der Waals surface area contributed by atoms with Gasteiger partial charge < -0.3 is 16.0 Å². The Morgan fingerprint density at radius 3 is 2.86 bits per heavy atom. The van der Waals surface area contributed by atoms with E-state index >= 15 is 0 Å². The first-order valence-electron chi connectivity index (χ1n) is 7.97. The summed E-state index contributed by atoms with van der Waals surface area (Å²) in [5.74, 6) is 0.430. The van der Waals surface area contributed by atoms with E-state index in [0.717, 1.165) is 30.6 Å². The highest BCUT2D eigenvalue weighted by Crippen LogP contribution is 2.31.